The molecule has 0 aromatic heterocycles. The van der Waals surface area contributed by atoms with Crippen molar-refractivity contribution in [1.29, 1.82) is 0 Å². The molecule has 0 radical (unpaired) electrons. The summed E-state index contributed by atoms with van der Waals surface area (Å²) in [6.45, 7) is 4.24. The van der Waals surface area contributed by atoms with Gasteiger partial charge in [0.15, 0.2) is 0 Å². The van der Waals surface area contributed by atoms with Gasteiger partial charge in [0.1, 0.15) is 0 Å². The molecule has 0 bridgehead atoms. The number of carbonyl (C=O) groups excluding carboxylic acids is 1. The van der Waals surface area contributed by atoms with E-state index >= 15 is 0 Å². The quantitative estimate of drug-likeness (QED) is 0.609. The van der Waals surface area contributed by atoms with Crippen LogP contribution < -0.4 is 0 Å². The Kier molecular flexibility index (Phi) is 6.11. The van der Waals surface area contributed by atoms with Gasteiger partial charge in [-0.1, -0.05) is 18.2 Å². The number of hydrogen-bond acceptors (Lipinski definition) is 4. The van der Waals surface area contributed by atoms with Gasteiger partial charge in [-0.2, -0.15) is 0 Å². The van der Waals surface area contributed by atoms with E-state index in [-0.39, 0.29) is 30.7 Å². The van der Waals surface area contributed by atoms with Crippen molar-refractivity contribution in [3.63, 3.8) is 0 Å². The Balaban J connectivity index is 2.85. The van der Waals surface area contributed by atoms with E-state index in [1.807, 2.05) is 13.8 Å². The lowest BCUT2D eigenvalue weighted by Crippen LogP contribution is -2.39. The number of amides is 1. The first-order valence-electron chi connectivity index (χ1n) is 6.60. The van der Waals surface area contributed by atoms with E-state index in [0.717, 1.165) is 0 Å². The van der Waals surface area contributed by atoms with Gasteiger partial charge in [0.05, 0.1) is 11.3 Å². The van der Waals surface area contributed by atoms with Crippen LogP contribution in [0.15, 0.2) is 24.3 Å². The number of carbonyl (C=O) groups is 1. The topological polar surface area (TPSA) is 83.7 Å². The highest BCUT2D eigenvalue weighted by Crippen LogP contribution is 2.19. The Morgan fingerprint density at radius 1 is 1.40 bits per heavy atom. The highest BCUT2D eigenvalue weighted by molar-refractivity contribution is 5.80. The van der Waals surface area contributed by atoms with Crippen LogP contribution in [0.1, 0.15) is 25.8 Å². The second kappa shape index (κ2) is 7.59. The van der Waals surface area contributed by atoms with Gasteiger partial charge in [-0.3, -0.25) is 14.9 Å². The molecule has 0 aliphatic rings. The Labute approximate surface area is 118 Å². The number of nitrogens with zero attached hydrogens (tertiary/aromatic N) is 2. The van der Waals surface area contributed by atoms with Gasteiger partial charge in [-0.25, -0.2) is 0 Å². The predicted octanol–water partition coefficient (Wildman–Crippen LogP) is 1.76. The molecule has 0 saturated carbocycles. The fraction of sp³-hybridized carbons (Fsp3) is 0.500. The van der Waals surface area contributed by atoms with E-state index in [4.69, 9.17) is 5.11 Å². The maximum absolute atomic E-state index is 12.3. The minimum absolute atomic E-state index is 0.000756. The normalized spacial score (nSPS) is 10.6. The Morgan fingerprint density at radius 3 is 2.60 bits per heavy atom. The minimum Gasteiger partial charge on any atom is -0.396 e. The summed E-state index contributed by atoms with van der Waals surface area (Å²) >= 11 is 0. The summed E-state index contributed by atoms with van der Waals surface area (Å²) in [6.07, 6.45) is 0.502. The predicted molar refractivity (Wildman–Crippen MR) is 75.4 cm³/mol. The fourth-order valence-electron chi connectivity index (χ4n) is 2.01. The number of nitro groups is 1. The van der Waals surface area contributed by atoms with Crippen LogP contribution in [0.3, 0.4) is 0 Å². The number of para-hydroxylation sites is 1. The van der Waals surface area contributed by atoms with Gasteiger partial charge in [0.25, 0.3) is 5.69 Å². The van der Waals surface area contributed by atoms with Gasteiger partial charge >= 0.3 is 0 Å². The van der Waals surface area contributed by atoms with Crippen molar-refractivity contribution in [3.8, 4) is 0 Å². The molecular formula is C14H20N2O4. The molecule has 6 nitrogen and oxygen atoms in total. The number of nitro benzene ring substituents is 1. The minimum atomic E-state index is -0.476. The lowest BCUT2D eigenvalue weighted by molar-refractivity contribution is -0.385. The Morgan fingerprint density at radius 2 is 2.05 bits per heavy atom. The molecule has 6 heteroatoms. The maximum atomic E-state index is 12.3. The lowest BCUT2D eigenvalue weighted by atomic mass is 10.1. The van der Waals surface area contributed by atoms with Crippen molar-refractivity contribution >= 4 is 11.6 Å². The molecule has 0 aliphatic carbocycles. The molecule has 1 rings (SSSR count). The molecule has 0 aliphatic heterocycles. The zero-order valence-electron chi connectivity index (χ0n) is 11.8. The van der Waals surface area contributed by atoms with Crippen molar-refractivity contribution in [3.05, 3.63) is 39.9 Å². The molecule has 0 fully saturated rings. The van der Waals surface area contributed by atoms with Crippen LogP contribution in [0, 0.1) is 10.1 Å². The van der Waals surface area contributed by atoms with E-state index in [2.05, 4.69) is 0 Å². The molecule has 1 amide bonds. The highest BCUT2D eigenvalue weighted by atomic mass is 16.6. The molecule has 110 valence electrons. The van der Waals surface area contributed by atoms with Crippen LogP contribution in [-0.2, 0) is 11.2 Å². The number of hydrogen-bond donors (Lipinski definition) is 1. The summed E-state index contributed by atoms with van der Waals surface area (Å²) in [6, 6.07) is 6.26. The summed E-state index contributed by atoms with van der Waals surface area (Å²) in [5, 5.41) is 19.8. The highest BCUT2D eigenvalue weighted by Gasteiger charge is 2.21. The third-order valence-electron chi connectivity index (χ3n) is 3.03. The van der Waals surface area contributed by atoms with Crippen molar-refractivity contribution in [2.24, 2.45) is 0 Å². The SMILES string of the molecule is CC(C)N(CCCO)C(=O)Cc1ccccc1[N+](=O)[O-]. The van der Waals surface area contributed by atoms with Crippen molar-refractivity contribution < 1.29 is 14.8 Å². The summed E-state index contributed by atoms with van der Waals surface area (Å²) in [7, 11) is 0. The van der Waals surface area contributed by atoms with Gasteiger partial charge in [-0.05, 0) is 20.3 Å². The lowest BCUT2D eigenvalue weighted by Gasteiger charge is -2.26. The van der Waals surface area contributed by atoms with Gasteiger partial charge in [0, 0.05) is 30.8 Å². The van der Waals surface area contributed by atoms with Crippen LogP contribution in [0.2, 0.25) is 0 Å². The van der Waals surface area contributed by atoms with Crippen molar-refractivity contribution in [2.75, 3.05) is 13.2 Å². The van der Waals surface area contributed by atoms with Crippen molar-refractivity contribution in [2.45, 2.75) is 32.7 Å². The zero-order chi connectivity index (χ0) is 15.1. The molecule has 20 heavy (non-hydrogen) atoms. The molecule has 1 aromatic rings. The monoisotopic (exact) mass is 280 g/mol. The molecule has 0 saturated heterocycles. The molecule has 0 heterocycles. The van der Waals surface area contributed by atoms with Gasteiger partial charge in [0.2, 0.25) is 5.91 Å². The maximum Gasteiger partial charge on any atom is 0.273 e. The summed E-state index contributed by atoms with van der Waals surface area (Å²) in [4.78, 5) is 24.3. The summed E-state index contributed by atoms with van der Waals surface area (Å²) < 4.78 is 0. The largest absolute Gasteiger partial charge is 0.396 e. The fourth-order valence-corrected chi connectivity index (χ4v) is 2.01. The van der Waals surface area contributed by atoms with Crippen LogP contribution in [0.25, 0.3) is 0 Å². The van der Waals surface area contributed by atoms with Crippen molar-refractivity contribution in [1.82, 2.24) is 4.90 Å². The number of rotatable bonds is 7. The third-order valence-corrected chi connectivity index (χ3v) is 3.03. The molecule has 0 unspecified atom stereocenters. The van der Waals surface area contributed by atoms with Crippen LogP contribution >= 0.6 is 0 Å². The molecule has 1 N–H and O–H groups in total. The smallest absolute Gasteiger partial charge is 0.273 e. The zero-order valence-corrected chi connectivity index (χ0v) is 11.8. The first kappa shape index (κ1) is 16.1. The molecule has 0 spiro atoms. The molecule has 0 atom stereocenters. The number of benzene rings is 1. The first-order chi connectivity index (χ1) is 9.47. The summed E-state index contributed by atoms with van der Waals surface area (Å²) in [5.41, 5.74) is 0.379. The van der Waals surface area contributed by atoms with E-state index in [1.165, 1.54) is 6.07 Å². The van der Waals surface area contributed by atoms with E-state index < -0.39 is 4.92 Å². The second-order valence-corrected chi connectivity index (χ2v) is 4.82. The van der Waals surface area contributed by atoms with Crippen LogP contribution in [0.5, 0.6) is 0 Å². The second-order valence-electron chi connectivity index (χ2n) is 4.82. The number of aliphatic hydroxyl groups excluding tert-OH is 1. The van der Waals surface area contributed by atoms with E-state index in [9.17, 15) is 14.9 Å². The van der Waals surface area contributed by atoms with Crippen LogP contribution in [-0.4, -0.2) is 40.0 Å². The average Bonchev–Trinajstić information content (AvgIpc) is 2.39. The van der Waals surface area contributed by atoms with Gasteiger partial charge in [-0.15, -0.1) is 0 Å². The Bertz CT molecular complexity index is 474. The average molecular weight is 280 g/mol. The van der Waals surface area contributed by atoms with E-state index in [0.29, 0.717) is 18.5 Å². The molecule has 1 aromatic carbocycles. The van der Waals surface area contributed by atoms with E-state index in [1.54, 1.807) is 23.1 Å². The standard InChI is InChI=1S/C14H20N2O4/c1-11(2)15(8-5-9-17)14(18)10-12-6-3-4-7-13(12)16(19)20/h3-4,6-7,11,17H,5,8-10H2,1-2H3. The Hall–Kier alpha value is -1.95. The number of aliphatic hydroxyl groups is 1. The third kappa shape index (κ3) is 4.31. The molecular weight excluding hydrogens is 260 g/mol. The summed E-state index contributed by atoms with van der Waals surface area (Å²) in [5.74, 6) is -0.164. The van der Waals surface area contributed by atoms with Gasteiger partial charge < -0.3 is 10.0 Å². The first-order valence-corrected chi connectivity index (χ1v) is 6.60. The van der Waals surface area contributed by atoms with Crippen LogP contribution in [0.4, 0.5) is 5.69 Å².